The highest BCUT2D eigenvalue weighted by Gasteiger charge is 2.28. The number of aliphatic hydroxyl groups excluding tert-OH is 1. The lowest BCUT2D eigenvalue weighted by molar-refractivity contribution is -0.888. The van der Waals surface area contributed by atoms with Crippen molar-refractivity contribution in [3.8, 4) is 0 Å². The molecule has 1 N–H and O–H groups in total. The van der Waals surface area contributed by atoms with Gasteiger partial charge in [-0.1, -0.05) is 125 Å². The second kappa shape index (κ2) is 16.9. The molecule has 0 amide bonds. The van der Waals surface area contributed by atoms with Crippen molar-refractivity contribution < 1.29 is 22.0 Å². The van der Waals surface area contributed by atoms with Crippen molar-refractivity contribution >= 4 is 6.08 Å². The standard InChI is InChI=1S/C30H46NO.ClH/c1-4-5-6-7-8-9-10-15-24-29(30(32)28-22-16-12-17-23-28)26-31(2,3)25-18-21-27-19-13-11-14-20-27;/h11-14,16-23,29-30,32H,4-10,15,24-26H2,1-3H3;1H/q+1;/p-1/b21-18+;. The Morgan fingerprint density at radius 1 is 0.788 bits per heavy atom. The summed E-state index contributed by atoms with van der Waals surface area (Å²) in [7, 11) is 4.57. The van der Waals surface area contributed by atoms with Gasteiger partial charge in [0.25, 0.3) is 0 Å². The summed E-state index contributed by atoms with van der Waals surface area (Å²) >= 11 is 0. The van der Waals surface area contributed by atoms with Crippen molar-refractivity contribution in [3.63, 3.8) is 0 Å². The lowest BCUT2D eigenvalue weighted by atomic mass is 9.89. The molecule has 0 aromatic heterocycles. The summed E-state index contributed by atoms with van der Waals surface area (Å²) in [6.07, 6.45) is 15.8. The van der Waals surface area contributed by atoms with Gasteiger partial charge in [0.1, 0.15) is 0 Å². The molecule has 2 rings (SSSR count). The molecule has 0 fully saturated rings. The van der Waals surface area contributed by atoms with Gasteiger partial charge in [0.15, 0.2) is 0 Å². The van der Waals surface area contributed by atoms with Crippen LogP contribution in [0.4, 0.5) is 0 Å². The fraction of sp³-hybridized carbons (Fsp3) is 0.533. The molecule has 0 spiro atoms. The number of benzene rings is 2. The maximum atomic E-state index is 11.2. The van der Waals surface area contributed by atoms with Gasteiger partial charge < -0.3 is 22.0 Å². The van der Waals surface area contributed by atoms with Crippen LogP contribution in [0.2, 0.25) is 0 Å². The van der Waals surface area contributed by atoms with Crippen LogP contribution in [0.5, 0.6) is 0 Å². The van der Waals surface area contributed by atoms with E-state index >= 15 is 0 Å². The van der Waals surface area contributed by atoms with E-state index in [1.165, 1.54) is 56.9 Å². The molecule has 2 nitrogen and oxygen atoms in total. The molecule has 0 saturated heterocycles. The molecule has 2 atom stereocenters. The molecule has 33 heavy (non-hydrogen) atoms. The number of quaternary nitrogens is 1. The Morgan fingerprint density at radius 3 is 1.94 bits per heavy atom. The number of nitrogens with zero attached hydrogens (tertiary/aromatic N) is 1. The quantitative estimate of drug-likeness (QED) is 0.279. The minimum atomic E-state index is -0.392. The zero-order valence-electron chi connectivity index (χ0n) is 21.1. The molecule has 0 radical (unpaired) electrons. The first-order valence-corrected chi connectivity index (χ1v) is 12.8. The van der Waals surface area contributed by atoms with Gasteiger partial charge in [-0.2, -0.15) is 0 Å². The number of unbranched alkanes of at least 4 members (excludes halogenated alkanes) is 7. The number of hydrogen-bond donors (Lipinski definition) is 1. The molecular weight excluding hydrogens is 426 g/mol. The molecule has 0 saturated carbocycles. The smallest absolute Gasteiger partial charge is 0.0972 e. The summed E-state index contributed by atoms with van der Waals surface area (Å²) in [5.74, 6) is 0.276. The average Bonchev–Trinajstić information content (AvgIpc) is 2.80. The zero-order chi connectivity index (χ0) is 23.1. The normalized spacial score (nSPS) is 13.6. The first-order chi connectivity index (χ1) is 15.5. The van der Waals surface area contributed by atoms with Crippen LogP contribution in [0.15, 0.2) is 66.7 Å². The first-order valence-electron chi connectivity index (χ1n) is 12.8. The fourth-order valence-electron chi connectivity index (χ4n) is 4.56. The SMILES string of the molecule is CCCCCCCCCCC(C[N+](C)(C)C/C=C/c1ccccc1)C(O)c1ccccc1.[Cl-]. The third-order valence-electron chi connectivity index (χ3n) is 6.45. The Kier molecular flexibility index (Phi) is 15.1. The second-order valence-electron chi connectivity index (χ2n) is 9.99. The molecule has 2 aromatic rings. The molecular formula is C30H46ClNO. The molecule has 2 aromatic carbocycles. The van der Waals surface area contributed by atoms with E-state index in [-0.39, 0.29) is 18.3 Å². The third-order valence-corrected chi connectivity index (χ3v) is 6.45. The van der Waals surface area contributed by atoms with E-state index in [1.807, 2.05) is 18.2 Å². The molecule has 0 aliphatic heterocycles. The van der Waals surface area contributed by atoms with Gasteiger partial charge in [-0.25, -0.2) is 0 Å². The minimum Gasteiger partial charge on any atom is -1.00 e. The zero-order valence-corrected chi connectivity index (χ0v) is 21.9. The molecule has 3 heteroatoms. The van der Waals surface area contributed by atoms with Gasteiger partial charge in [-0.05, 0) is 23.6 Å². The number of halogens is 1. The van der Waals surface area contributed by atoms with Crippen molar-refractivity contribution in [2.24, 2.45) is 5.92 Å². The molecule has 0 aliphatic rings. The van der Waals surface area contributed by atoms with E-state index in [4.69, 9.17) is 0 Å². The van der Waals surface area contributed by atoms with Crippen molar-refractivity contribution in [2.75, 3.05) is 27.2 Å². The Balaban J connectivity index is 0.00000544. The van der Waals surface area contributed by atoms with E-state index < -0.39 is 6.10 Å². The predicted octanol–water partition coefficient (Wildman–Crippen LogP) is 4.66. The van der Waals surface area contributed by atoms with E-state index in [2.05, 4.69) is 75.6 Å². The highest BCUT2D eigenvalue weighted by molar-refractivity contribution is 5.48. The van der Waals surface area contributed by atoms with Crippen LogP contribution < -0.4 is 12.4 Å². The lowest BCUT2D eigenvalue weighted by Crippen LogP contribution is -3.00. The molecule has 184 valence electrons. The highest BCUT2D eigenvalue weighted by Crippen LogP contribution is 2.29. The predicted molar refractivity (Wildman–Crippen MR) is 139 cm³/mol. The molecule has 0 aliphatic carbocycles. The summed E-state index contributed by atoms with van der Waals surface area (Å²) < 4.78 is 0.884. The largest absolute Gasteiger partial charge is 1.00 e. The van der Waals surface area contributed by atoms with E-state index in [0.29, 0.717) is 0 Å². The Bertz CT molecular complexity index is 744. The first kappa shape index (κ1) is 29.4. The average molecular weight is 472 g/mol. The number of hydrogen-bond acceptors (Lipinski definition) is 1. The van der Waals surface area contributed by atoms with Gasteiger partial charge >= 0.3 is 0 Å². The van der Waals surface area contributed by atoms with E-state index in [9.17, 15) is 5.11 Å². The topological polar surface area (TPSA) is 20.2 Å². The Labute approximate surface area is 209 Å². The van der Waals surface area contributed by atoms with Crippen LogP contribution in [0, 0.1) is 5.92 Å². The number of aliphatic hydroxyl groups is 1. The summed E-state index contributed by atoms with van der Waals surface area (Å²) in [6.45, 7) is 4.21. The molecule has 0 heterocycles. The Morgan fingerprint density at radius 2 is 1.33 bits per heavy atom. The van der Waals surface area contributed by atoms with Crippen LogP contribution in [0.1, 0.15) is 81.9 Å². The maximum absolute atomic E-state index is 11.2. The van der Waals surface area contributed by atoms with Crippen molar-refractivity contribution in [2.45, 2.75) is 70.8 Å². The van der Waals surface area contributed by atoms with Crippen molar-refractivity contribution in [1.82, 2.24) is 0 Å². The second-order valence-corrected chi connectivity index (χ2v) is 9.99. The monoisotopic (exact) mass is 471 g/mol. The van der Waals surface area contributed by atoms with Gasteiger partial charge in [0.2, 0.25) is 0 Å². The minimum absolute atomic E-state index is 0. The van der Waals surface area contributed by atoms with Crippen molar-refractivity contribution in [3.05, 3.63) is 77.9 Å². The van der Waals surface area contributed by atoms with Gasteiger partial charge in [0, 0.05) is 5.92 Å². The third kappa shape index (κ3) is 12.4. The van der Waals surface area contributed by atoms with Crippen LogP contribution >= 0.6 is 0 Å². The van der Waals surface area contributed by atoms with Gasteiger partial charge in [-0.3, -0.25) is 0 Å². The van der Waals surface area contributed by atoms with E-state index in [0.717, 1.165) is 29.6 Å². The molecule has 2 unspecified atom stereocenters. The summed E-state index contributed by atoms with van der Waals surface area (Å²) in [5.41, 5.74) is 2.30. The van der Waals surface area contributed by atoms with Gasteiger partial charge in [-0.15, -0.1) is 0 Å². The van der Waals surface area contributed by atoms with Crippen LogP contribution in [0.25, 0.3) is 6.08 Å². The van der Waals surface area contributed by atoms with Crippen LogP contribution in [0.3, 0.4) is 0 Å². The molecule has 0 bridgehead atoms. The summed E-state index contributed by atoms with van der Waals surface area (Å²) in [4.78, 5) is 0. The van der Waals surface area contributed by atoms with Crippen molar-refractivity contribution in [1.29, 1.82) is 0 Å². The summed E-state index contributed by atoms with van der Waals surface area (Å²) in [5, 5.41) is 11.2. The highest BCUT2D eigenvalue weighted by atomic mass is 35.5. The fourth-order valence-corrected chi connectivity index (χ4v) is 4.56. The van der Waals surface area contributed by atoms with Crippen LogP contribution in [-0.2, 0) is 0 Å². The number of likely N-dealkylation sites (N-methyl/N-ethyl adjacent to an activating group) is 1. The lowest BCUT2D eigenvalue weighted by Gasteiger charge is -2.35. The van der Waals surface area contributed by atoms with E-state index in [1.54, 1.807) is 0 Å². The van der Waals surface area contributed by atoms with Gasteiger partial charge in [0.05, 0.1) is 33.3 Å². The van der Waals surface area contributed by atoms with Crippen LogP contribution in [-0.4, -0.2) is 36.8 Å². The summed E-state index contributed by atoms with van der Waals surface area (Å²) in [6, 6.07) is 20.7. The Hall–Kier alpha value is -1.61. The number of rotatable bonds is 16. The maximum Gasteiger partial charge on any atom is 0.0972 e.